The molecule has 5 nitrogen and oxygen atoms in total. The first-order chi connectivity index (χ1) is 10.8. The summed E-state index contributed by atoms with van der Waals surface area (Å²) in [5.74, 6) is 0.162. The molecule has 5 heteroatoms. The van der Waals surface area contributed by atoms with Crippen LogP contribution in [0.4, 0.5) is 0 Å². The summed E-state index contributed by atoms with van der Waals surface area (Å²) in [7, 11) is 0. The van der Waals surface area contributed by atoms with Gasteiger partial charge in [-0.25, -0.2) is 4.98 Å². The summed E-state index contributed by atoms with van der Waals surface area (Å²) < 4.78 is 7.79. The minimum absolute atomic E-state index is 0.162. The van der Waals surface area contributed by atoms with Crippen LogP contribution in [0, 0.1) is 0 Å². The Morgan fingerprint density at radius 1 is 1.45 bits per heavy atom. The van der Waals surface area contributed by atoms with Crippen LogP contribution >= 0.6 is 0 Å². The lowest BCUT2D eigenvalue weighted by atomic mass is 10.1. The topological polar surface area (TPSA) is 46.8 Å². The van der Waals surface area contributed by atoms with Crippen molar-refractivity contribution in [2.45, 2.75) is 38.7 Å². The first kappa shape index (κ1) is 15.0. The molecular formula is C17H23N3O2. The van der Waals surface area contributed by atoms with Gasteiger partial charge in [-0.05, 0) is 31.4 Å². The molecule has 1 aliphatic rings. The van der Waals surface area contributed by atoms with Gasteiger partial charge in [-0.3, -0.25) is 4.79 Å². The average Bonchev–Trinajstić information content (AvgIpc) is 2.96. The van der Waals surface area contributed by atoms with Gasteiger partial charge in [0.05, 0.1) is 18.2 Å². The third-order valence-corrected chi connectivity index (χ3v) is 4.11. The van der Waals surface area contributed by atoms with Crippen molar-refractivity contribution >= 4 is 11.6 Å². The average molecular weight is 301 g/mol. The number of piperidine rings is 1. The van der Waals surface area contributed by atoms with E-state index in [0.717, 1.165) is 50.3 Å². The number of hydrogen-bond acceptors (Lipinski definition) is 3. The molecule has 0 aliphatic carbocycles. The fourth-order valence-electron chi connectivity index (χ4n) is 2.97. The van der Waals surface area contributed by atoms with Crippen LogP contribution in [0.1, 0.15) is 31.9 Å². The number of ether oxygens (including phenoxy) is 1. The Kier molecular flexibility index (Phi) is 4.73. The van der Waals surface area contributed by atoms with Crippen molar-refractivity contribution in [2.75, 3.05) is 19.7 Å². The highest BCUT2D eigenvalue weighted by Gasteiger charge is 2.24. The molecule has 3 heterocycles. The molecule has 0 aromatic carbocycles. The number of amides is 1. The van der Waals surface area contributed by atoms with Gasteiger partial charge in [0.25, 0.3) is 0 Å². The highest BCUT2D eigenvalue weighted by atomic mass is 16.5. The van der Waals surface area contributed by atoms with E-state index in [4.69, 9.17) is 4.74 Å². The van der Waals surface area contributed by atoms with Crippen LogP contribution in [0.3, 0.4) is 0 Å². The number of pyridine rings is 1. The molecule has 0 radical (unpaired) electrons. The Labute approximate surface area is 130 Å². The molecule has 1 aliphatic heterocycles. The second kappa shape index (κ2) is 6.92. The van der Waals surface area contributed by atoms with Gasteiger partial charge in [-0.1, -0.05) is 13.0 Å². The van der Waals surface area contributed by atoms with Gasteiger partial charge in [0, 0.05) is 32.1 Å². The summed E-state index contributed by atoms with van der Waals surface area (Å²) in [6, 6.07) is 5.86. The molecule has 0 unspecified atom stereocenters. The fourth-order valence-corrected chi connectivity index (χ4v) is 2.97. The quantitative estimate of drug-likeness (QED) is 0.851. The van der Waals surface area contributed by atoms with Crippen LogP contribution in [0.5, 0.6) is 0 Å². The summed E-state index contributed by atoms with van der Waals surface area (Å²) in [4.78, 5) is 18.8. The standard InChI is InChI=1S/C17H23N3O2/c1-2-10-22-15-6-5-8-19(13-15)17(21)11-14-12-18-16-7-3-4-9-20(14)16/h3-4,7,9,12,15H,2,5-6,8,10-11,13H2,1H3/t15-/m1/s1. The molecule has 1 saturated heterocycles. The van der Waals surface area contributed by atoms with Crippen LogP contribution in [0.2, 0.25) is 0 Å². The summed E-state index contributed by atoms with van der Waals surface area (Å²) in [5, 5.41) is 0. The van der Waals surface area contributed by atoms with Gasteiger partial charge in [-0.2, -0.15) is 0 Å². The van der Waals surface area contributed by atoms with E-state index in [9.17, 15) is 4.79 Å². The van der Waals surface area contributed by atoms with Crippen LogP contribution < -0.4 is 0 Å². The lowest BCUT2D eigenvalue weighted by molar-refractivity contribution is -0.134. The maximum atomic E-state index is 12.6. The molecule has 0 bridgehead atoms. The number of rotatable bonds is 5. The van der Waals surface area contributed by atoms with Crippen LogP contribution in [-0.4, -0.2) is 46.0 Å². The lowest BCUT2D eigenvalue weighted by Crippen LogP contribution is -2.44. The van der Waals surface area contributed by atoms with Gasteiger partial charge < -0.3 is 14.0 Å². The molecule has 3 rings (SSSR count). The van der Waals surface area contributed by atoms with Crippen molar-refractivity contribution < 1.29 is 9.53 Å². The van der Waals surface area contributed by atoms with E-state index in [1.54, 1.807) is 6.20 Å². The molecular weight excluding hydrogens is 278 g/mol. The first-order valence-corrected chi connectivity index (χ1v) is 8.08. The van der Waals surface area contributed by atoms with E-state index in [0.29, 0.717) is 6.42 Å². The van der Waals surface area contributed by atoms with Gasteiger partial charge >= 0.3 is 0 Å². The molecule has 1 amide bonds. The first-order valence-electron chi connectivity index (χ1n) is 8.08. The van der Waals surface area contributed by atoms with E-state index in [-0.39, 0.29) is 12.0 Å². The molecule has 2 aromatic rings. The molecule has 118 valence electrons. The fraction of sp³-hybridized carbons (Fsp3) is 0.529. The second-order valence-electron chi connectivity index (χ2n) is 5.83. The number of aromatic nitrogens is 2. The maximum absolute atomic E-state index is 12.6. The number of carbonyl (C=O) groups is 1. The minimum Gasteiger partial charge on any atom is -0.376 e. The largest absolute Gasteiger partial charge is 0.376 e. The Bertz CT molecular complexity index is 638. The number of fused-ring (bicyclic) bond motifs is 1. The van der Waals surface area contributed by atoms with Gasteiger partial charge in [-0.15, -0.1) is 0 Å². The summed E-state index contributed by atoms with van der Waals surface area (Å²) >= 11 is 0. The number of carbonyl (C=O) groups excluding carboxylic acids is 1. The van der Waals surface area contributed by atoms with E-state index < -0.39 is 0 Å². The van der Waals surface area contributed by atoms with E-state index >= 15 is 0 Å². The van der Waals surface area contributed by atoms with Crippen LogP contribution in [-0.2, 0) is 16.0 Å². The molecule has 0 saturated carbocycles. The number of hydrogen-bond donors (Lipinski definition) is 0. The molecule has 1 fully saturated rings. The smallest absolute Gasteiger partial charge is 0.228 e. The highest BCUT2D eigenvalue weighted by Crippen LogP contribution is 2.15. The van der Waals surface area contributed by atoms with Crippen LogP contribution in [0.25, 0.3) is 5.65 Å². The molecule has 2 aromatic heterocycles. The Morgan fingerprint density at radius 3 is 3.23 bits per heavy atom. The van der Waals surface area contributed by atoms with Gasteiger partial charge in [0.2, 0.25) is 5.91 Å². The van der Waals surface area contributed by atoms with E-state index in [1.165, 1.54) is 0 Å². The normalized spacial score (nSPS) is 18.8. The van der Waals surface area contributed by atoms with Gasteiger partial charge in [0.1, 0.15) is 5.65 Å². The third kappa shape index (κ3) is 3.30. The van der Waals surface area contributed by atoms with E-state index in [1.807, 2.05) is 33.7 Å². The van der Waals surface area contributed by atoms with Gasteiger partial charge in [0.15, 0.2) is 0 Å². The van der Waals surface area contributed by atoms with Crippen molar-refractivity contribution in [3.8, 4) is 0 Å². The number of likely N-dealkylation sites (tertiary alicyclic amines) is 1. The lowest BCUT2D eigenvalue weighted by Gasteiger charge is -2.32. The zero-order valence-electron chi connectivity index (χ0n) is 13.1. The third-order valence-electron chi connectivity index (χ3n) is 4.11. The van der Waals surface area contributed by atoms with Crippen molar-refractivity contribution in [2.24, 2.45) is 0 Å². The van der Waals surface area contributed by atoms with Crippen LogP contribution in [0.15, 0.2) is 30.6 Å². The zero-order chi connectivity index (χ0) is 15.4. The SMILES string of the molecule is CCCO[C@@H]1CCCN(C(=O)Cc2cnc3ccccn23)C1. The number of imidazole rings is 1. The summed E-state index contributed by atoms with van der Waals surface area (Å²) in [5.41, 5.74) is 1.82. The predicted octanol–water partition coefficient (Wildman–Crippen LogP) is 2.29. The van der Waals surface area contributed by atoms with Crippen molar-refractivity contribution in [3.63, 3.8) is 0 Å². The monoisotopic (exact) mass is 301 g/mol. The Hall–Kier alpha value is -1.88. The Balaban J connectivity index is 1.64. The summed E-state index contributed by atoms with van der Waals surface area (Å²) in [6.45, 7) is 4.44. The highest BCUT2D eigenvalue weighted by molar-refractivity contribution is 5.78. The molecule has 22 heavy (non-hydrogen) atoms. The molecule has 0 spiro atoms. The second-order valence-corrected chi connectivity index (χ2v) is 5.83. The Morgan fingerprint density at radius 2 is 2.36 bits per heavy atom. The van der Waals surface area contributed by atoms with Crippen molar-refractivity contribution in [3.05, 3.63) is 36.3 Å². The molecule has 0 N–H and O–H groups in total. The number of nitrogens with zero attached hydrogens (tertiary/aromatic N) is 3. The maximum Gasteiger partial charge on any atom is 0.228 e. The predicted molar refractivity (Wildman–Crippen MR) is 84.7 cm³/mol. The van der Waals surface area contributed by atoms with Crippen molar-refractivity contribution in [1.29, 1.82) is 0 Å². The minimum atomic E-state index is 0.162. The summed E-state index contributed by atoms with van der Waals surface area (Å²) in [6.07, 6.45) is 7.43. The zero-order valence-corrected chi connectivity index (χ0v) is 13.1. The van der Waals surface area contributed by atoms with E-state index in [2.05, 4.69) is 11.9 Å². The van der Waals surface area contributed by atoms with Crippen molar-refractivity contribution in [1.82, 2.24) is 14.3 Å². The molecule has 1 atom stereocenters.